The normalized spacial score (nSPS) is 11.2. The van der Waals surface area contributed by atoms with E-state index in [-0.39, 0.29) is 0 Å². The van der Waals surface area contributed by atoms with Crippen LogP contribution in [0.5, 0.6) is 0 Å². The van der Waals surface area contributed by atoms with Crippen molar-refractivity contribution in [3.05, 3.63) is 249 Å². The van der Waals surface area contributed by atoms with E-state index in [2.05, 4.69) is 254 Å². The second-order valence-corrected chi connectivity index (χ2v) is 16.8. The molecule has 0 aliphatic carbocycles. The summed E-state index contributed by atoms with van der Waals surface area (Å²) in [5.41, 5.74) is 17.7. The van der Waals surface area contributed by atoms with Crippen molar-refractivity contribution >= 4 is 48.6 Å². The number of thiophene rings is 1. The number of rotatable bonds is 9. The quantitative estimate of drug-likeness (QED) is 0.140. The second kappa shape index (κ2) is 16.3. The maximum absolute atomic E-state index is 2.36. The first-order valence-corrected chi connectivity index (χ1v) is 22.0. The van der Waals surface area contributed by atoms with Crippen molar-refractivity contribution in [3.8, 4) is 66.8 Å². The van der Waals surface area contributed by atoms with Crippen LogP contribution in [0.1, 0.15) is 0 Å². The first kappa shape index (κ1) is 37.2. The number of benzene rings is 10. The third-order valence-corrected chi connectivity index (χ3v) is 13.0. The second-order valence-electron chi connectivity index (χ2n) is 15.8. The molecule has 0 N–H and O–H groups in total. The summed E-state index contributed by atoms with van der Waals surface area (Å²) in [7, 11) is 0. The largest absolute Gasteiger partial charge is 0.311 e. The lowest BCUT2D eigenvalue weighted by Crippen LogP contribution is -2.09. The lowest BCUT2D eigenvalue weighted by Gasteiger charge is -2.26. The van der Waals surface area contributed by atoms with E-state index in [0.717, 1.165) is 17.1 Å². The molecule has 0 aliphatic heterocycles. The smallest absolute Gasteiger partial charge is 0.0462 e. The molecule has 0 amide bonds. The lowest BCUT2D eigenvalue weighted by atomic mass is 9.93. The Morgan fingerprint density at radius 2 is 0.532 bits per heavy atom. The lowest BCUT2D eigenvalue weighted by molar-refractivity contribution is 1.28. The summed E-state index contributed by atoms with van der Waals surface area (Å²) in [4.78, 5) is 2.36. The Labute approximate surface area is 367 Å². The summed E-state index contributed by atoms with van der Waals surface area (Å²) in [5.74, 6) is 0. The molecule has 10 aromatic carbocycles. The summed E-state index contributed by atoms with van der Waals surface area (Å²) in [6.07, 6.45) is 0. The van der Waals surface area contributed by atoms with Crippen molar-refractivity contribution in [3.63, 3.8) is 0 Å². The minimum absolute atomic E-state index is 1.09. The highest BCUT2D eigenvalue weighted by Crippen LogP contribution is 2.40. The average Bonchev–Trinajstić information content (AvgIpc) is 3.73. The fourth-order valence-corrected chi connectivity index (χ4v) is 9.80. The number of nitrogens with zero attached hydrogens (tertiary/aromatic N) is 1. The Bertz CT molecular complexity index is 3240. The monoisotopic (exact) mass is 807 g/mol. The topological polar surface area (TPSA) is 3.24 Å². The van der Waals surface area contributed by atoms with Gasteiger partial charge in [-0.05, 0) is 140 Å². The van der Waals surface area contributed by atoms with E-state index in [0.29, 0.717) is 0 Å². The standard InChI is InChI=1S/C60H41NS/c1-4-13-42(14-5-1)45-23-30-54(31-24-45)61(56-34-27-47(28-35-56)53-39-51(43-15-6-2-7-16-43)38-52(40-53)44-17-8-3-9-18-44)55-32-25-46(26-33-55)48-19-12-20-49(37-48)50-29-36-58-57-21-10-11-22-59(57)62-60(58)41-50/h1-41H. The van der Waals surface area contributed by atoms with E-state index in [1.54, 1.807) is 0 Å². The van der Waals surface area contributed by atoms with Crippen molar-refractivity contribution in [1.29, 1.82) is 0 Å². The van der Waals surface area contributed by atoms with Gasteiger partial charge in [-0.1, -0.05) is 176 Å². The van der Waals surface area contributed by atoms with E-state index < -0.39 is 0 Å². The van der Waals surface area contributed by atoms with Gasteiger partial charge in [0, 0.05) is 37.2 Å². The molecule has 1 nitrogen and oxygen atoms in total. The van der Waals surface area contributed by atoms with Crippen molar-refractivity contribution in [1.82, 2.24) is 0 Å². The fraction of sp³-hybridized carbons (Fsp3) is 0. The molecule has 0 spiro atoms. The molecule has 1 aromatic heterocycles. The van der Waals surface area contributed by atoms with Gasteiger partial charge < -0.3 is 4.90 Å². The van der Waals surface area contributed by atoms with Crippen LogP contribution in [0, 0.1) is 0 Å². The van der Waals surface area contributed by atoms with Gasteiger partial charge in [0.15, 0.2) is 0 Å². The highest BCUT2D eigenvalue weighted by atomic mass is 32.1. The molecule has 11 rings (SSSR count). The number of anilines is 3. The number of hydrogen-bond acceptors (Lipinski definition) is 2. The summed E-state index contributed by atoms with van der Waals surface area (Å²) in [6, 6.07) is 90.3. The molecule has 292 valence electrons. The maximum atomic E-state index is 2.36. The molecule has 0 fully saturated rings. The van der Waals surface area contributed by atoms with Crippen LogP contribution in [0.25, 0.3) is 86.9 Å². The van der Waals surface area contributed by atoms with Crippen LogP contribution in [0.2, 0.25) is 0 Å². The summed E-state index contributed by atoms with van der Waals surface area (Å²) >= 11 is 1.87. The van der Waals surface area contributed by atoms with Crippen LogP contribution in [0.3, 0.4) is 0 Å². The van der Waals surface area contributed by atoms with Gasteiger partial charge >= 0.3 is 0 Å². The molecular weight excluding hydrogens is 767 g/mol. The first-order valence-electron chi connectivity index (χ1n) is 21.1. The molecule has 1 heterocycles. The summed E-state index contributed by atoms with van der Waals surface area (Å²) in [6.45, 7) is 0. The van der Waals surface area contributed by atoms with Gasteiger partial charge in [0.2, 0.25) is 0 Å². The van der Waals surface area contributed by atoms with Crippen LogP contribution < -0.4 is 4.90 Å². The predicted molar refractivity (Wildman–Crippen MR) is 267 cm³/mol. The third kappa shape index (κ3) is 7.38. The van der Waals surface area contributed by atoms with Gasteiger partial charge in [-0.2, -0.15) is 0 Å². The maximum Gasteiger partial charge on any atom is 0.0462 e. The van der Waals surface area contributed by atoms with E-state index in [9.17, 15) is 0 Å². The zero-order valence-electron chi connectivity index (χ0n) is 34.0. The van der Waals surface area contributed by atoms with E-state index in [1.165, 1.54) is 86.9 Å². The minimum atomic E-state index is 1.09. The van der Waals surface area contributed by atoms with Crippen molar-refractivity contribution in [2.45, 2.75) is 0 Å². The summed E-state index contributed by atoms with van der Waals surface area (Å²) < 4.78 is 2.65. The SMILES string of the molecule is c1ccc(-c2ccc(N(c3ccc(-c4cccc(-c5ccc6c(c5)sc5ccccc56)c4)cc3)c3ccc(-c4cc(-c5ccccc5)cc(-c5ccccc5)c4)cc3)cc2)cc1. The average molecular weight is 808 g/mol. The Balaban J connectivity index is 0.944. The van der Waals surface area contributed by atoms with Crippen molar-refractivity contribution in [2.75, 3.05) is 4.90 Å². The number of hydrogen-bond donors (Lipinski definition) is 0. The summed E-state index contributed by atoms with van der Waals surface area (Å²) in [5, 5.41) is 2.65. The highest BCUT2D eigenvalue weighted by Gasteiger charge is 2.15. The zero-order valence-corrected chi connectivity index (χ0v) is 34.8. The molecule has 0 unspecified atom stereocenters. The van der Waals surface area contributed by atoms with Gasteiger partial charge in [0.1, 0.15) is 0 Å². The number of fused-ring (bicyclic) bond motifs is 3. The highest BCUT2D eigenvalue weighted by molar-refractivity contribution is 7.25. The Kier molecular flexibility index (Phi) is 9.82. The van der Waals surface area contributed by atoms with Crippen molar-refractivity contribution < 1.29 is 0 Å². The molecule has 0 bridgehead atoms. The zero-order chi connectivity index (χ0) is 41.2. The van der Waals surface area contributed by atoms with Crippen LogP contribution in [-0.2, 0) is 0 Å². The van der Waals surface area contributed by atoms with Crippen LogP contribution in [0.4, 0.5) is 17.1 Å². The molecule has 0 aliphatic rings. The predicted octanol–water partition coefficient (Wildman–Crippen LogP) is 17.5. The van der Waals surface area contributed by atoms with Crippen molar-refractivity contribution in [2.24, 2.45) is 0 Å². The Morgan fingerprint density at radius 3 is 1.05 bits per heavy atom. The molecule has 2 heteroatoms. The van der Waals surface area contributed by atoms with Crippen LogP contribution >= 0.6 is 11.3 Å². The molecular formula is C60H41NS. The third-order valence-electron chi connectivity index (χ3n) is 11.9. The first-order chi connectivity index (χ1) is 30.7. The molecule has 11 aromatic rings. The van der Waals surface area contributed by atoms with Crippen LogP contribution in [0.15, 0.2) is 249 Å². The molecule has 62 heavy (non-hydrogen) atoms. The molecule has 0 saturated carbocycles. The van der Waals surface area contributed by atoms with Crippen LogP contribution in [-0.4, -0.2) is 0 Å². The molecule has 0 radical (unpaired) electrons. The van der Waals surface area contributed by atoms with Gasteiger partial charge in [-0.15, -0.1) is 11.3 Å². The van der Waals surface area contributed by atoms with Gasteiger partial charge in [-0.3, -0.25) is 0 Å². The van der Waals surface area contributed by atoms with E-state index >= 15 is 0 Å². The van der Waals surface area contributed by atoms with E-state index in [1.807, 2.05) is 11.3 Å². The Morgan fingerprint density at radius 1 is 0.210 bits per heavy atom. The minimum Gasteiger partial charge on any atom is -0.311 e. The molecule has 0 saturated heterocycles. The van der Waals surface area contributed by atoms with E-state index in [4.69, 9.17) is 0 Å². The molecule has 0 atom stereocenters. The fourth-order valence-electron chi connectivity index (χ4n) is 8.66. The Hall–Kier alpha value is -7.78. The van der Waals surface area contributed by atoms with Gasteiger partial charge in [-0.25, -0.2) is 0 Å². The van der Waals surface area contributed by atoms with Gasteiger partial charge in [0.05, 0.1) is 0 Å². The van der Waals surface area contributed by atoms with Gasteiger partial charge in [0.25, 0.3) is 0 Å².